The van der Waals surface area contributed by atoms with E-state index in [0.29, 0.717) is 0 Å². The van der Waals surface area contributed by atoms with E-state index in [0.717, 1.165) is 16.8 Å². The zero-order valence-corrected chi connectivity index (χ0v) is 19.4. The first-order valence-corrected chi connectivity index (χ1v) is 12.8. The molecule has 4 unspecified atom stereocenters. The lowest BCUT2D eigenvalue weighted by molar-refractivity contribution is -0.145. The smallest absolute Gasteiger partial charge is 0.481 e. The average molecular weight is 532 g/mol. The second-order valence-electron chi connectivity index (χ2n) is 6.52. The fourth-order valence-electron chi connectivity index (χ4n) is 2.95. The van der Waals surface area contributed by atoms with Gasteiger partial charge >= 0.3 is 32.6 Å². The summed E-state index contributed by atoms with van der Waals surface area (Å²) in [5, 5.41) is 19.4. The minimum Gasteiger partial charge on any atom is -0.481 e. The van der Waals surface area contributed by atoms with E-state index < -0.39 is 81.8 Å². The van der Waals surface area contributed by atoms with Crippen molar-refractivity contribution in [2.24, 2.45) is 0 Å². The Balaban J connectivity index is 2.23. The Labute approximate surface area is 190 Å². The zero-order valence-electron chi connectivity index (χ0n) is 16.7. The summed E-state index contributed by atoms with van der Waals surface area (Å²) in [5.41, 5.74) is -1.56. The van der Waals surface area contributed by atoms with Crippen molar-refractivity contribution in [2.45, 2.75) is 37.0 Å². The molecule has 0 amide bonds. The molecule has 33 heavy (non-hydrogen) atoms. The van der Waals surface area contributed by atoms with Crippen LogP contribution in [-0.4, -0.2) is 74.7 Å². The third-order valence-corrected chi connectivity index (χ3v) is 6.15. The number of hydrogen-bond donors (Lipinski definition) is 6. The van der Waals surface area contributed by atoms with Gasteiger partial charge in [-0.15, -0.1) is 4.52 Å². The highest BCUT2D eigenvalue weighted by atomic mass is 32.7. The second-order valence-corrected chi connectivity index (χ2v) is 9.75. The number of carboxylic acids is 2. The molecule has 0 aromatic carbocycles. The Morgan fingerprint density at radius 1 is 1.39 bits per heavy atom. The lowest BCUT2D eigenvalue weighted by Gasteiger charge is -2.20. The summed E-state index contributed by atoms with van der Waals surface area (Å²) in [7, 11) is -6.22. The average Bonchev–Trinajstić information content (AvgIpc) is 3.01. The number of nitrogens with zero attached hydrogens (tertiary/aromatic N) is 1. The number of carboxylic acid groups (broad SMARTS) is 2. The number of ether oxygens (including phenoxy) is 2. The lowest BCUT2D eigenvalue weighted by atomic mass is 10.1. The van der Waals surface area contributed by atoms with Crippen LogP contribution in [0.2, 0.25) is 0 Å². The van der Waals surface area contributed by atoms with Crippen LogP contribution in [0.4, 0.5) is 0 Å². The third kappa shape index (κ3) is 7.53. The quantitative estimate of drug-likeness (QED) is 0.141. The highest BCUT2D eigenvalue weighted by Gasteiger charge is 2.51. The molecule has 1 aromatic heterocycles. The maximum atomic E-state index is 12.3. The number of carbonyl (C=O) groups is 2. The molecule has 19 heteroatoms. The van der Waals surface area contributed by atoms with Gasteiger partial charge in [-0.2, -0.15) is 0 Å². The Kier molecular flexibility index (Phi) is 9.48. The number of aromatic nitrogens is 2. The van der Waals surface area contributed by atoms with Crippen molar-refractivity contribution < 1.29 is 52.3 Å². The van der Waals surface area contributed by atoms with Crippen LogP contribution in [0.3, 0.4) is 0 Å². The van der Waals surface area contributed by atoms with Gasteiger partial charge in [0.25, 0.3) is 5.56 Å². The maximum Gasteiger partial charge on any atom is 0.582 e. The summed E-state index contributed by atoms with van der Waals surface area (Å²) in [5.74, 6) is -3.25. The number of hydrogen-bond acceptors (Lipinski definition) is 10. The van der Waals surface area contributed by atoms with E-state index in [-0.39, 0.29) is 0 Å². The van der Waals surface area contributed by atoms with Crippen molar-refractivity contribution in [2.75, 3.05) is 13.7 Å². The normalized spacial score (nSPS) is 25.8. The van der Waals surface area contributed by atoms with E-state index in [2.05, 4.69) is 12.2 Å². The molecular weight excluding hydrogens is 512 g/mol. The number of aliphatic carboxylic acids is 2. The molecule has 1 aliphatic heterocycles. The van der Waals surface area contributed by atoms with E-state index in [1.165, 1.54) is 7.11 Å². The van der Waals surface area contributed by atoms with E-state index in [4.69, 9.17) is 28.7 Å². The Morgan fingerprint density at radius 2 is 2.06 bits per heavy atom. The van der Waals surface area contributed by atoms with Gasteiger partial charge < -0.3 is 24.6 Å². The van der Waals surface area contributed by atoms with Gasteiger partial charge in [0.1, 0.15) is 30.5 Å². The first kappa shape index (κ1) is 27.3. The first-order chi connectivity index (χ1) is 15.3. The molecule has 0 aliphatic carbocycles. The van der Waals surface area contributed by atoms with Gasteiger partial charge in [-0.1, -0.05) is 0 Å². The van der Waals surface area contributed by atoms with Crippen molar-refractivity contribution in [1.29, 1.82) is 0 Å². The van der Waals surface area contributed by atoms with Crippen LogP contribution in [0.25, 0.3) is 0 Å². The zero-order chi connectivity index (χ0) is 24.9. The molecule has 16 nitrogen and oxygen atoms in total. The molecule has 0 bridgehead atoms. The molecule has 0 saturated carbocycles. The van der Waals surface area contributed by atoms with E-state index in [1.54, 1.807) is 5.09 Å². The van der Waals surface area contributed by atoms with Crippen molar-refractivity contribution >= 4 is 39.2 Å². The number of H-pyrrole nitrogens is 1. The van der Waals surface area contributed by atoms with Crippen LogP contribution in [0.15, 0.2) is 21.9 Å². The summed E-state index contributed by atoms with van der Waals surface area (Å²) in [6.07, 6.45) is -4.85. The number of nitrogens with one attached hydrogen (secondary N) is 2. The van der Waals surface area contributed by atoms with E-state index >= 15 is 0 Å². The molecule has 184 valence electrons. The van der Waals surface area contributed by atoms with Crippen molar-refractivity contribution in [1.82, 2.24) is 14.6 Å². The van der Waals surface area contributed by atoms with Crippen LogP contribution >= 0.6 is 27.2 Å². The molecule has 2 rings (SSSR count). The monoisotopic (exact) mass is 532 g/mol. The molecule has 2 heterocycles. The Hall–Kier alpha value is -1.94. The number of aromatic amines is 1. The van der Waals surface area contributed by atoms with Crippen LogP contribution in [0.1, 0.15) is 12.6 Å². The van der Waals surface area contributed by atoms with Crippen molar-refractivity contribution in [3.63, 3.8) is 0 Å². The molecule has 0 radical (unpaired) electrons. The maximum absolute atomic E-state index is 12.3. The topological polar surface area (TPSA) is 233 Å². The Bertz CT molecular complexity index is 1060. The SMILES string of the molecule is CO[C@@H]1[C@H](O[P+](=O)S)C(COP(=O)(O)NC(CC(=O)O)C(=O)O)O[C@H]1n1ccc(=O)[nH]c1=O. The third-order valence-electron chi connectivity index (χ3n) is 4.30. The molecule has 1 aromatic rings. The Morgan fingerprint density at radius 3 is 2.58 bits per heavy atom. The highest BCUT2D eigenvalue weighted by molar-refractivity contribution is 8.39. The van der Waals surface area contributed by atoms with E-state index in [9.17, 15) is 33.2 Å². The molecule has 1 aliphatic rings. The van der Waals surface area contributed by atoms with E-state index in [1.807, 2.05) is 4.98 Å². The molecule has 1 fully saturated rings. The van der Waals surface area contributed by atoms with Gasteiger partial charge in [-0.25, -0.2) is 14.4 Å². The van der Waals surface area contributed by atoms with Crippen LogP contribution in [0.5, 0.6) is 0 Å². The minimum absolute atomic E-state index is 0.684. The van der Waals surface area contributed by atoms with Gasteiger partial charge in [0, 0.05) is 19.4 Å². The summed E-state index contributed by atoms with van der Waals surface area (Å²) in [6, 6.07) is -0.919. The van der Waals surface area contributed by atoms with Crippen molar-refractivity contribution in [3.05, 3.63) is 33.1 Å². The minimum atomic E-state index is -4.89. The molecular formula is C14H20N3O13P2S+. The molecule has 0 spiro atoms. The van der Waals surface area contributed by atoms with Gasteiger partial charge in [0.2, 0.25) is 0 Å². The molecule has 1 saturated heterocycles. The first-order valence-electron chi connectivity index (χ1n) is 8.87. The number of rotatable bonds is 12. The fourth-order valence-corrected chi connectivity index (χ4v) is 4.76. The predicted octanol–water partition coefficient (Wildman–Crippen LogP) is -0.944. The van der Waals surface area contributed by atoms with Gasteiger partial charge in [0.15, 0.2) is 12.3 Å². The van der Waals surface area contributed by atoms with Gasteiger partial charge in [0.05, 0.1) is 13.0 Å². The number of methoxy groups -OCH3 is 1. The summed E-state index contributed by atoms with van der Waals surface area (Å²) in [6.45, 7) is -0.768. The summed E-state index contributed by atoms with van der Waals surface area (Å²) >= 11 is 3.65. The molecule has 5 N–H and O–H groups in total. The fraction of sp³-hybridized carbons (Fsp3) is 0.571. The van der Waals surface area contributed by atoms with Crippen molar-refractivity contribution in [3.8, 4) is 0 Å². The standard InChI is InChI=1S/C14H19N3O13P2S/c1-27-11-10(30-31(24)33)7(29-12(11)17-3-2-8(18)15-14(17)23)5-28-32(25,26)16-6(13(21)22)4-9(19)20/h2-3,6-7,10-12H,4-5H2,1H3,(H5-,15,16,18,19,20,21,22,23,24,25,26,33)/p+1/t6?,7?,10-,11-,12-/m1/s1. The van der Waals surface area contributed by atoms with Gasteiger partial charge in [-0.05, 0) is 4.57 Å². The number of thiol groups is 1. The van der Waals surface area contributed by atoms with Crippen LogP contribution in [0, 0.1) is 0 Å². The second kappa shape index (κ2) is 11.5. The highest BCUT2D eigenvalue weighted by Crippen LogP contribution is 2.43. The van der Waals surface area contributed by atoms with Gasteiger partial charge in [-0.3, -0.25) is 28.5 Å². The summed E-state index contributed by atoms with van der Waals surface area (Å²) in [4.78, 5) is 57.3. The van der Waals surface area contributed by atoms with Crippen LogP contribution in [-0.2, 0) is 37.2 Å². The summed E-state index contributed by atoms with van der Waals surface area (Å²) < 4.78 is 45.7. The van der Waals surface area contributed by atoms with Crippen LogP contribution < -0.4 is 16.3 Å². The lowest BCUT2D eigenvalue weighted by Crippen LogP contribution is -2.40. The predicted molar refractivity (Wildman–Crippen MR) is 110 cm³/mol. The molecule has 7 atom stereocenters. The largest absolute Gasteiger partial charge is 0.582 e.